The summed E-state index contributed by atoms with van der Waals surface area (Å²) in [4.78, 5) is 5.36. The fraction of sp³-hybridized carbons (Fsp3) is 0.846. The summed E-state index contributed by atoms with van der Waals surface area (Å²) in [5.74, 6) is 0. The average Bonchev–Trinajstić information content (AvgIpc) is 2.82. The van der Waals surface area contributed by atoms with Gasteiger partial charge < -0.3 is 9.80 Å². The van der Waals surface area contributed by atoms with Crippen LogP contribution in [0.3, 0.4) is 0 Å². The van der Waals surface area contributed by atoms with Crippen molar-refractivity contribution >= 4 is 0 Å². The molecule has 0 spiro atoms. The summed E-state index contributed by atoms with van der Waals surface area (Å²) >= 11 is 0. The molecule has 0 N–H and O–H groups in total. The number of allylic oxidation sites excluding steroid dienone is 2. The van der Waals surface area contributed by atoms with E-state index in [1.807, 2.05) is 0 Å². The Balaban J connectivity index is 2.27. The molecule has 0 aromatic rings. The second kappa shape index (κ2) is 6.54. The summed E-state index contributed by atoms with van der Waals surface area (Å²) in [6.07, 6.45) is 2.44. The van der Waals surface area contributed by atoms with Crippen molar-refractivity contribution in [3.63, 3.8) is 0 Å². The van der Waals surface area contributed by atoms with Gasteiger partial charge in [0, 0.05) is 45.4 Å². The minimum absolute atomic E-state index is 0.124. The van der Waals surface area contributed by atoms with Crippen LogP contribution < -0.4 is 0 Å². The summed E-state index contributed by atoms with van der Waals surface area (Å²) in [6.45, 7) is 34.6. The Morgan fingerprint density at radius 3 is 1.64 bits per heavy atom. The van der Waals surface area contributed by atoms with Gasteiger partial charge in [0.15, 0.2) is 0 Å². The third kappa shape index (κ3) is 3.33. The molecule has 2 heteroatoms. The summed E-state index contributed by atoms with van der Waals surface area (Å²) in [5, 5.41) is 0. The monoisotopic (exact) mass is 388 g/mol. The number of hydrogen-bond donors (Lipinski definition) is 0. The van der Waals surface area contributed by atoms with E-state index < -0.39 is 0 Å². The predicted molar refractivity (Wildman–Crippen MR) is 124 cm³/mol. The van der Waals surface area contributed by atoms with Crippen LogP contribution in [0.2, 0.25) is 0 Å². The largest absolute Gasteiger partial charge is 0.369 e. The molecule has 0 fully saturated rings. The number of nitrogens with zero attached hydrogens (tertiary/aromatic N) is 2. The van der Waals surface area contributed by atoms with Crippen molar-refractivity contribution in [2.75, 3.05) is 6.54 Å². The van der Waals surface area contributed by atoms with Crippen LogP contribution in [-0.4, -0.2) is 33.0 Å². The van der Waals surface area contributed by atoms with Gasteiger partial charge in [0.25, 0.3) is 0 Å². The highest BCUT2D eigenvalue weighted by molar-refractivity contribution is 5.33. The Morgan fingerprint density at radius 1 is 0.786 bits per heavy atom. The molecule has 2 aliphatic rings. The van der Waals surface area contributed by atoms with E-state index in [4.69, 9.17) is 0 Å². The lowest BCUT2D eigenvalue weighted by Crippen LogP contribution is -2.56. The summed E-state index contributed by atoms with van der Waals surface area (Å²) in [6, 6.07) is 0. The molecule has 0 aliphatic carbocycles. The van der Waals surface area contributed by atoms with Crippen LogP contribution >= 0.6 is 0 Å². The Labute approximate surface area is 176 Å². The first-order valence-corrected chi connectivity index (χ1v) is 11.2. The van der Waals surface area contributed by atoms with Gasteiger partial charge in [-0.2, -0.15) is 0 Å². The zero-order valence-corrected chi connectivity index (χ0v) is 21.5. The molecule has 0 radical (unpaired) electrons. The fourth-order valence-electron chi connectivity index (χ4n) is 5.91. The lowest BCUT2D eigenvalue weighted by atomic mass is 9.70. The molecule has 162 valence electrons. The van der Waals surface area contributed by atoms with E-state index in [1.165, 1.54) is 24.2 Å². The maximum Gasteiger partial charge on any atom is 0.0437 e. The highest BCUT2D eigenvalue weighted by atomic mass is 15.3. The molecule has 0 amide bonds. The molecule has 0 aromatic carbocycles. The Hall–Kier alpha value is -0.920. The molecule has 28 heavy (non-hydrogen) atoms. The highest BCUT2D eigenvalue weighted by Gasteiger charge is 2.54. The predicted octanol–water partition coefficient (Wildman–Crippen LogP) is 7.37. The second-order valence-corrected chi connectivity index (χ2v) is 12.6. The van der Waals surface area contributed by atoms with Gasteiger partial charge in [0.05, 0.1) is 0 Å². The van der Waals surface area contributed by atoms with Crippen molar-refractivity contribution in [2.24, 2.45) is 10.8 Å². The molecule has 2 rings (SSSR count). The van der Waals surface area contributed by atoms with Gasteiger partial charge in [-0.1, -0.05) is 20.8 Å². The van der Waals surface area contributed by atoms with Gasteiger partial charge >= 0.3 is 0 Å². The highest BCUT2D eigenvalue weighted by Crippen LogP contribution is 2.55. The Kier molecular flexibility index (Phi) is 5.46. The lowest BCUT2D eigenvalue weighted by molar-refractivity contribution is 0.00772. The van der Waals surface area contributed by atoms with Crippen molar-refractivity contribution < 1.29 is 0 Å². The van der Waals surface area contributed by atoms with E-state index in [1.54, 1.807) is 11.1 Å². The normalized spacial score (nSPS) is 28.1. The molecule has 2 heterocycles. The summed E-state index contributed by atoms with van der Waals surface area (Å²) in [5.41, 5.74) is 7.01. The molecule has 1 unspecified atom stereocenters. The average molecular weight is 389 g/mol. The van der Waals surface area contributed by atoms with Crippen LogP contribution in [0.4, 0.5) is 0 Å². The first kappa shape index (κ1) is 23.4. The van der Waals surface area contributed by atoms with Crippen LogP contribution in [-0.2, 0) is 0 Å². The summed E-state index contributed by atoms with van der Waals surface area (Å²) in [7, 11) is 0. The third-order valence-corrected chi connectivity index (χ3v) is 8.97. The SMILES string of the molecule is CC1=C(C)C(C)(CCC(C)(C)N2C(C)=C(C)C(C)(C)C2(C)C)CN1C(C)(C)C. The van der Waals surface area contributed by atoms with Crippen molar-refractivity contribution in [1.82, 2.24) is 9.80 Å². The van der Waals surface area contributed by atoms with Gasteiger partial charge in [-0.05, 0) is 100 Å². The molecular weight excluding hydrogens is 340 g/mol. The summed E-state index contributed by atoms with van der Waals surface area (Å²) < 4.78 is 0. The van der Waals surface area contributed by atoms with Crippen molar-refractivity contribution in [3.05, 3.63) is 22.5 Å². The third-order valence-electron chi connectivity index (χ3n) is 8.97. The van der Waals surface area contributed by atoms with E-state index >= 15 is 0 Å². The van der Waals surface area contributed by atoms with Gasteiger partial charge in [-0.15, -0.1) is 0 Å². The Morgan fingerprint density at radius 2 is 1.29 bits per heavy atom. The van der Waals surface area contributed by atoms with E-state index in [2.05, 4.69) is 107 Å². The molecule has 1 atom stereocenters. The smallest absolute Gasteiger partial charge is 0.0437 e. The topological polar surface area (TPSA) is 6.48 Å². The molecule has 0 saturated carbocycles. The van der Waals surface area contributed by atoms with Crippen molar-refractivity contribution in [2.45, 2.75) is 126 Å². The van der Waals surface area contributed by atoms with Gasteiger partial charge in [-0.25, -0.2) is 0 Å². The first-order chi connectivity index (χ1) is 12.3. The zero-order chi connectivity index (χ0) is 22.1. The van der Waals surface area contributed by atoms with Crippen LogP contribution in [0.5, 0.6) is 0 Å². The first-order valence-electron chi connectivity index (χ1n) is 11.2. The second-order valence-electron chi connectivity index (χ2n) is 12.6. The van der Waals surface area contributed by atoms with Gasteiger partial charge in [-0.3, -0.25) is 0 Å². The van der Waals surface area contributed by atoms with Crippen molar-refractivity contribution in [3.8, 4) is 0 Å². The fourth-order valence-corrected chi connectivity index (χ4v) is 5.91. The molecule has 0 aromatic heterocycles. The van der Waals surface area contributed by atoms with Crippen molar-refractivity contribution in [1.29, 1.82) is 0 Å². The molecule has 2 nitrogen and oxygen atoms in total. The minimum atomic E-state index is 0.124. The molecular formula is C26H48N2. The number of rotatable bonds is 4. The maximum absolute atomic E-state index is 2.74. The van der Waals surface area contributed by atoms with Gasteiger partial charge in [0.1, 0.15) is 0 Å². The molecule has 2 aliphatic heterocycles. The van der Waals surface area contributed by atoms with E-state index in [0.29, 0.717) is 0 Å². The van der Waals surface area contributed by atoms with E-state index in [9.17, 15) is 0 Å². The Bertz CT molecular complexity index is 696. The standard InChI is InChI=1S/C26H48N2/c1-18-21(4)28(25(12,13)24(18,10)11)23(8,9)15-16-26(14)17-27(22(5,6)7)20(3)19(26)2/h15-17H2,1-14H3. The van der Waals surface area contributed by atoms with Crippen LogP contribution in [0.25, 0.3) is 0 Å². The zero-order valence-electron chi connectivity index (χ0n) is 21.5. The minimum Gasteiger partial charge on any atom is -0.369 e. The maximum atomic E-state index is 2.74. The lowest BCUT2D eigenvalue weighted by Gasteiger charge is -2.52. The van der Waals surface area contributed by atoms with Crippen LogP contribution in [0.15, 0.2) is 22.5 Å². The quantitative estimate of drug-likeness (QED) is 0.496. The van der Waals surface area contributed by atoms with E-state index in [-0.39, 0.29) is 27.4 Å². The van der Waals surface area contributed by atoms with Crippen LogP contribution in [0, 0.1) is 10.8 Å². The van der Waals surface area contributed by atoms with Crippen LogP contribution in [0.1, 0.15) is 110 Å². The van der Waals surface area contributed by atoms with Gasteiger partial charge in [0.2, 0.25) is 0 Å². The molecule has 0 bridgehead atoms. The van der Waals surface area contributed by atoms with E-state index in [0.717, 1.165) is 6.54 Å². The molecule has 0 saturated heterocycles. The number of hydrogen-bond acceptors (Lipinski definition) is 2.